The average Bonchev–Trinajstić information content (AvgIpc) is 3.36. The van der Waals surface area contributed by atoms with Gasteiger partial charge < -0.3 is 15.1 Å². The van der Waals surface area contributed by atoms with Crippen LogP contribution >= 0.6 is 11.8 Å². The summed E-state index contributed by atoms with van der Waals surface area (Å²) in [5, 5.41) is 11.5. The molecule has 3 N–H and O–H groups in total. The molecule has 2 aromatic heterocycles. The molecule has 5 rings (SSSR count). The van der Waals surface area contributed by atoms with Crippen LogP contribution in [0.15, 0.2) is 82.9 Å². The van der Waals surface area contributed by atoms with E-state index in [1.54, 1.807) is 6.08 Å². The molecule has 0 fully saturated rings. The Morgan fingerprint density at radius 3 is 2.52 bits per heavy atom. The normalized spacial score (nSPS) is 12.0. The summed E-state index contributed by atoms with van der Waals surface area (Å²) in [4.78, 5) is 23.6. The van der Waals surface area contributed by atoms with Gasteiger partial charge in [-0.1, -0.05) is 60.7 Å². The molecule has 0 saturated heterocycles. The monoisotopic (exact) mass is 425 g/mol. The molecule has 5 aromatic rings. The predicted molar refractivity (Wildman–Crippen MR) is 126 cm³/mol. The summed E-state index contributed by atoms with van der Waals surface area (Å²) in [5.74, 6) is -0.994. The highest BCUT2D eigenvalue weighted by Crippen LogP contribution is 2.36. The van der Waals surface area contributed by atoms with E-state index in [9.17, 15) is 9.90 Å². The minimum absolute atomic E-state index is 0.193. The van der Waals surface area contributed by atoms with Crippen molar-refractivity contribution in [2.75, 3.05) is 0 Å². The minimum atomic E-state index is -0.994. The van der Waals surface area contributed by atoms with Crippen molar-refractivity contribution in [1.82, 2.24) is 15.0 Å². The van der Waals surface area contributed by atoms with Gasteiger partial charge in [0.15, 0.2) is 5.16 Å². The molecule has 3 aromatic carbocycles. The van der Waals surface area contributed by atoms with Crippen LogP contribution in [0, 0.1) is 6.92 Å². The Bertz CT molecular complexity index is 1410. The van der Waals surface area contributed by atoms with Crippen molar-refractivity contribution < 1.29 is 9.90 Å². The number of fused-ring (bicyclic) bond motifs is 2. The Kier molecular flexibility index (Phi) is 4.84. The molecule has 0 radical (unpaired) electrons. The Morgan fingerprint density at radius 1 is 0.968 bits per heavy atom. The zero-order chi connectivity index (χ0) is 21.4. The topological polar surface area (TPSA) is 81.8 Å². The first-order chi connectivity index (χ1) is 15.1. The number of nitrogens with zero attached hydrogens (tertiary/aromatic N) is 1. The van der Waals surface area contributed by atoms with Crippen molar-refractivity contribution >= 4 is 45.7 Å². The number of benzene rings is 3. The van der Waals surface area contributed by atoms with E-state index in [1.807, 2.05) is 79.7 Å². The second-order valence-corrected chi connectivity index (χ2v) is 8.28. The number of thioether (sulfide) groups is 1. The fourth-order valence-corrected chi connectivity index (χ4v) is 4.49. The molecule has 0 amide bonds. The first-order valence-corrected chi connectivity index (χ1v) is 10.7. The van der Waals surface area contributed by atoms with Gasteiger partial charge in [-0.3, -0.25) is 0 Å². The van der Waals surface area contributed by atoms with Crippen LogP contribution in [0.5, 0.6) is 0 Å². The summed E-state index contributed by atoms with van der Waals surface area (Å²) in [6, 6.07) is 23.7. The van der Waals surface area contributed by atoms with Crippen molar-refractivity contribution in [3.05, 3.63) is 88.8 Å². The molecule has 5 nitrogen and oxygen atoms in total. The lowest BCUT2D eigenvalue weighted by Gasteiger charge is -2.04. The number of aliphatic carboxylic acids is 1. The van der Waals surface area contributed by atoms with Gasteiger partial charge in [0.25, 0.3) is 0 Å². The summed E-state index contributed by atoms with van der Waals surface area (Å²) in [6.45, 7) is 2.04. The van der Waals surface area contributed by atoms with Gasteiger partial charge in [0.05, 0.1) is 16.7 Å². The lowest BCUT2D eigenvalue weighted by atomic mass is 10.0. The molecule has 0 spiro atoms. The number of rotatable bonds is 5. The number of hydrogen-bond acceptors (Lipinski definition) is 3. The average molecular weight is 426 g/mol. The fourth-order valence-electron chi connectivity index (χ4n) is 3.72. The van der Waals surface area contributed by atoms with Crippen LogP contribution in [0.4, 0.5) is 0 Å². The molecule has 2 heterocycles. The van der Waals surface area contributed by atoms with Crippen LogP contribution < -0.4 is 0 Å². The van der Waals surface area contributed by atoms with Crippen LogP contribution in [0.1, 0.15) is 11.1 Å². The first kappa shape index (κ1) is 19.2. The molecular formula is C25H19N3O2S. The van der Waals surface area contributed by atoms with Crippen LogP contribution in [-0.2, 0) is 4.79 Å². The molecule has 0 saturated carbocycles. The zero-order valence-corrected chi connectivity index (χ0v) is 17.5. The van der Waals surface area contributed by atoms with Gasteiger partial charge in [0, 0.05) is 16.5 Å². The van der Waals surface area contributed by atoms with Crippen molar-refractivity contribution in [2.24, 2.45) is 0 Å². The number of carbonyl (C=O) groups is 1. The maximum atomic E-state index is 12.2. The van der Waals surface area contributed by atoms with Gasteiger partial charge in [0.1, 0.15) is 4.91 Å². The maximum Gasteiger partial charge on any atom is 0.342 e. The molecule has 0 aliphatic rings. The molecule has 0 bridgehead atoms. The van der Waals surface area contributed by atoms with E-state index < -0.39 is 5.97 Å². The van der Waals surface area contributed by atoms with Crippen molar-refractivity contribution in [2.45, 2.75) is 12.1 Å². The third-order valence-electron chi connectivity index (χ3n) is 5.21. The number of imidazole rings is 1. The van der Waals surface area contributed by atoms with E-state index in [0.717, 1.165) is 56.1 Å². The van der Waals surface area contributed by atoms with Crippen LogP contribution in [0.3, 0.4) is 0 Å². The van der Waals surface area contributed by atoms with E-state index in [-0.39, 0.29) is 4.91 Å². The highest BCUT2D eigenvalue weighted by Gasteiger charge is 2.18. The number of nitrogens with one attached hydrogen (secondary N) is 2. The standard InChI is InChI=1S/C25H19N3O2S/c1-15-8-7-11-17-18(23(28-22(15)17)16-9-3-2-4-10-16)14-21(24(29)30)31-25-26-19-12-5-6-13-20(19)27-25/h2-14,28H,1H3,(H,26,27)(H,29,30)/b21-14-. The van der Waals surface area contributed by atoms with E-state index >= 15 is 0 Å². The molecule has 0 aliphatic heterocycles. The highest BCUT2D eigenvalue weighted by molar-refractivity contribution is 8.04. The van der Waals surface area contributed by atoms with Gasteiger partial charge in [-0.05, 0) is 48.0 Å². The molecule has 0 atom stereocenters. The molecule has 31 heavy (non-hydrogen) atoms. The second kappa shape index (κ2) is 7.81. The first-order valence-electron chi connectivity index (χ1n) is 9.84. The SMILES string of the molecule is Cc1cccc2c(/C=C(\Sc3nc4ccccc4[nH]3)C(=O)O)c(-c3ccccc3)[nH]c12. The Morgan fingerprint density at radius 2 is 1.74 bits per heavy atom. The summed E-state index contributed by atoms with van der Waals surface area (Å²) < 4.78 is 0. The van der Waals surface area contributed by atoms with Crippen molar-refractivity contribution in [1.29, 1.82) is 0 Å². The van der Waals surface area contributed by atoms with Crippen molar-refractivity contribution in [3.63, 3.8) is 0 Å². The lowest BCUT2D eigenvalue weighted by molar-refractivity contribution is -0.131. The number of carboxylic acid groups (broad SMARTS) is 1. The maximum absolute atomic E-state index is 12.2. The van der Waals surface area contributed by atoms with E-state index in [0.29, 0.717) is 5.16 Å². The number of para-hydroxylation sites is 3. The smallest absolute Gasteiger partial charge is 0.342 e. The van der Waals surface area contributed by atoms with E-state index in [1.165, 1.54) is 0 Å². The number of aromatic nitrogens is 3. The minimum Gasteiger partial charge on any atom is -0.477 e. The third-order valence-corrected chi connectivity index (χ3v) is 6.10. The molecule has 0 aliphatic carbocycles. The molecule has 0 unspecified atom stereocenters. The Labute approximate surface area is 182 Å². The van der Waals surface area contributed by atoms with Crippen molar-refractivity contribution in [3.8, 4) is 11.3 Å². The number of H-pyrrole nitrogens is 2. The number of aryl methyl sites for hydroxylation is 1. The van der Waals surface area contributed by atoms with Gasteiger partial charge in [0.2, 0.25) is 0 Å². The molecule has 152 valence electrons. The van der Waals surface area contributed by atoms with Crippen LogP contribution in [-0.4, -0.2) is 26.0 Å². The van der Waals surface area contributed by atoms with E-state index in [4.69, 9.17) is 0 Å². The summed E-state index contributed by atoms with van der Waals surface area (Å²) in [7, 11) is 0. The van der Waals surface area contributed by atoms with Gasteiger partial charge in [-0.25, -0.2) is 9.78 Å². The lowest BCUT2D eigenvalue weighted by Crippen LogP contribution is -1.97. The quantitative estimate of drug-likeness (QED) is 0.230. The number of hydrogen-bond donors (Lipinski definition) is 3. The van der Waals surface area contributed by atoms with Gasteiger partial charge >= 0.3 is 5.97 Å². The largest absolute Gasteiger partial charge is 0.477 e. The third kappa shape index (κ3) is 3.62. The summed E-state index contributed by atoms with van der Waals surface area (Å²) >= 11 is 1.12. The predicted octanol–water partition coefficient (Wildman–Crippen LogP) is 6.24. The van der Waals surface area contributed by atoms with Crippen LogP contribution in [0.2, 0.25) is 0 Å². The fraction of sp³-hybridized carbons (Fsp3) is 0.0400. The highest BCUT2D eigenvalue weighted by atomic mass is 32.2. The van der Waals surface area contributed by atoms with Gasteiger partial charge in [-0.2, -0.15) is 0 Å². The van der Waals surface area contributed by atoms with E-state index in [2.05, 4.69) is 15.0 Å². The molecular weight excluding hydrogens is 406 g/mol. The van der Waals surface area contributed by atoms with Crippen LogP contribution in [0.25, 0.3) is 39.3 Å². The Balaban J connectivity index is 1.67. The zero-order valence-electron chi connectivity index (χ0n) is 16.7. The van der Waals surface area contributed by atoms with Gasteiger partial charge in [-0.15, -0.1) is 0 Å². The second-order valence-electron chi connectivity index (χ2n) is 7.25. The summed E-state index contributed by atoms with van der Waals surface area (Å²) in [5.41, 5.74) is 6.55. The number of carboxylic acids is 1. The molecule has 6 heteroatoms. The number of aromatic amines is 2. The Hall–Kier alpha value is -3.77. The summed E-state index contributed by atoms with van der Waals surface area (Å²) in [6.07, 6.45) is 1.74.